The topological polar surface area (TPSA) is 71.5 Å². The van der Waals surface area contributed by atoms with Gasteiger partial charge in [-0.1, -0.05) is 12.2 Å². The van der Waals surface area contributed by atoms with Gasteiger partial charge in [-0.25, -0.2) is 0 Å². The highest BCUT2D eigenvalue weighted by atomic mass is 16.5. The molecule has 23 heavy (non-hydrogen) atoms. The van der Waals surface area contributed by atoms with Crippen LogP contribution < -0.4 is 10.1 Å². The van der Waals surface area contributed by atoms with E-state index in [1.54, 1.807) is 7.11 Å². The van der Waals surface area contributed by atoms with E-state index in [0.29, 0.717) is 11.3 Å². The summed E-state index contributed by atoms with van der Waals surface area (Å²) in [4.78, 5) is 17.0. The highest BCUT2D eigenvalue weighted by Crippen LogP contribution is 2.22. The van der Waals surface area contributed by atoms with Gasteiger partial charge in [-0.15, -0.1) is 0 Å². The zero-order valence-corrected chi connectivity index (χ0v) is 13.2. The summed E-state index contributed by atoms with van der Waals surface area (Å²) in [5.41, 5.74) is 2.06. The molecule has 0 spiro atoms. The molecule has 1 aliphatic carbocycles. The number of aryl methyl sites for hydroxylation is 1. The summed E-state index contributed by atoms with van der Waals surface area (Å²) in [5, 5.41) is 13.0. The Bertz CT molecular complexity index is 770. The van der Waals surface area contributed by atoms with Crippen LogP contribution in [0.3, 0.4) is 0 Å². The first-order valence-corrected chi connectivity index (χ1v) is 7.66. The number of nitrogens with zero attached hydrogens (tertiary/aromatic N) is 1. The maximum atomic E-state index is 12.5. The molecule has 5 heteroatoms. The minimum atomic E-state index is -0.138. The number of aromatic nitrogens is 1. The summed E-state index contributed by atoms with van der Waals surface area (Å²) < 4.78 is 5.20. The number of pyridine rings is 1. The highest BCUT2D eigenvalue weighted by molar-refractivity contribution is 5.99. The second-order valence-corrected chi connectivity index (χ2v) is 5.82. The molecule has 0 saturated heterocycles. The van der Waals surface area contributed by atoms with Gasteiger partial charge in [-0.3, -0.25) is 9.78 Å². The highest BCUT2D eigenvalue weighted by Gasteiger charge is 2.21. The van der Waals surface area contributed by atoms with Gasteiger partial charge in [-0.2, -0.15) is 0 Å². The predicted octanol–water partition coefficient (Wildman–Crippen LogP) is 2.22. The van der Waals surface area contributed by atoms with E-state index >= 15 is 0 Å². The van der Waals surface area contributed by atoms with Gasteiger partial charge in [0.2, 0.25) is 0 Å². The third-order valence-corrected chi connectivity index (χ3v) is 4.18. The van der Waals surface area contributed by atoms with Gasteiger partial charge in [0.25, 0.3) is 5.91 Å². The number of hydrogen-bond donors (Lipinski definition) is 2. The second-order valence-electron chi connectivity index (χ2n) is 5.82. The van der Waals surface area contributed by atoms with Crippen LogP contribution in [-0.2, 0) is 0 Å². The van der Waals surface area contributed by atoms with Crippen LogP contribution in [0, 0.1) is 12.8 Å². The van der Waals surface area contributed by atoms with Crippen molar-refractivity contribution in [1.29, 1.82) is 0 Å². The molecule has 3 rings (SSSR count). The Morgan fingerprint density at radius 3 is 2.91 bits per heavy atom. The Morgan fingerprint density at radius 2 is 2.22 bits per heavy atom. The molecule has 1 aromatic heterocycles. The summed E-state index contributed by atoms with van der Waals surface area (Å²) in [6, 6.07) is 7.43. The molecule has 0 bridgehead atoms. The van der Waals surface area contributed by atoms with Crippen LogP contribution in [-0.4, -0.2) is 35.8 Å². The van der Waals surface area contributed by atoms with Crippen molar-refractivity contribution < 1.29 is 14.6 Å². The number of aliphatic hydroxyl groups excluding tert-OH is 1. The van der Waals surface area contributed by atoms with Gasteiger partial charge in [0.1, 0.15) is 5.75 Å². The van der Waals surface area contributed by atoms with E-state index < -0.39 is 0 Å². The van der Waals surface area contributed by atoms with E-state index in [0.717, 1.165) is 23.1 Å². The van der Waals surface area contributed by atoms with E-state index in [1.165, 1.54) is 0 Å². The fraction of sp³-hybridized carbons (Fsp3) is 0.333. The molecule has 2 N–H and O–H groups in total. The first-order valence-electron chi connectivity index (χ1n) is 7.66. The smallest absolute Gasteiger partial charge is 0.253 e. The van der Waals surface area contributed by atoms with Gasteiger partial charge < -0.3 is 15.2 Å². The molecule has 2 atom stereocenters. The molecule has 0 unspecified atom stereocenters. The minimum Gasteiger partial charge on any atom is -0.497 e. The van der Waals surface area contributed by atoms with Gasteiger partial charge in [0.05, 0.1) is 23.9 Å². The number of carbonyl (C=O) groups excluding carboxylic acids is 1. The molecule has 1 amide bonds. The zero-order chi connectivity index (χ0) is 16.4. The molecule has 0 aliphatic heterocycles. The quantitative estimate of drug-likeness (QED) is 0.849. The minimum absolute atomic E-state index is 0.0365. The Hall–Kier alpha value is -2.40. The molecule has 2 aromatic rings. The van der Waals surface area contributed by atoms with Crippen molar-refractivity contribution in [3.05, 3.63) is 47.7 Å². The third-order valence-electron chi connectivity index (χ3n) is 4.18. The SMILES string of the molecule is COc1ccc2cc(C(=O)N[C@@H]3C=C[C@H](CO)C3)c(C)nc2c1. The fourth-order valence-electron chi connectivity index (χ4n) is 2.86. The third kappa shape index (κ3) is 3.19. The Balaban J connectivity index is 1.83. The standard InChI is InChI=1S/C18H20N2O3/c1-11-16(18(22)20-14-5-3-12(7-14)10-21)8-13-4-6-15(23-2)9-17(13)19-11/h3-6,8-9,12,14,21H,7,10H2,1-2H3,(H,20,22)/t12-,14+/m0/s1. The molecule has 1 aromatic carbocycles. The first-order chi connectivity index (χ1) is 11.1. The number of benzene rings is 1. The normalized spacial score (nSPS) is 20.0. The van der Waals surface area contributed by atoms with Crippen molar-refractivity contribution >= 4 is 16.8 Å². The van der Waals surface area contributed by atoms with E-state index in [-0.39, 0.29) is 24.5 Å². The maximum Gasteiger partial charge on any atom is 0.253 e. The number of carbonyl (C=O) groups is 1. The number of aliphatic hydroxyl groups is 1. The summed E-state index contributed by atoms with van der Waals surface area (Å²) in [6.45, 7) is 1.94. The molecule has 0 fully saturated rings. The van der Waals surface area contributed by atoms with Crippen LogP contribution in [0.5, 0.6) is 5.75 Å². The number of hydrogen-bond acceptors (Lipinski definition) is 4. The Kier molecular flexibility index (Phi) is 4.30. The van der Waals surface area contributed by atoms with E-state index in [4.69, 9.17) is 9.84 Å². The number of methoxy groups -OCH3 is 1. The maximum absolute atomic E-state index is 12.5. The summed E-state index contributed by atoms with van der Waals surface area (Å²) in [7, 11) is 1.62. The average Bonchev–Trinajstić information content (AvgIpc) is 3.01. The first kappa shape index (κ1) is 15.5. The molecule has 0 saturated carbocycles. The van der Waals surface area contributed by atoms with E-state index in [1.807, 2.05) is 43.3 Å². The average molecular weight is 312 g/mol. The van der Waals surface area contributed by atoms with Gasteiger partial charge in [0.15, 0.2) is 0 Å². The molecular formula is C18H20N2O3. The Morgan fingerprint density at radius 1 is 1.39 bits per heavy atom. The predicted molar refractivity (Wildman–Crippen MR) is 88.6 cm³/mol. The van der Waals surface area contributed by atoms with Crippen molar-refractivity contribution in [2.24, 2.45) is 5.92 Å². The summed E-state index contributed by atoms with van der Waals surface area (Å²) in [6.07, 6.45) is 4.62. The van der Waals surface area contributed by atoms with Crippen molar-refractivity contribution in [2.75, 3.05) is 13.7 Å². The van der Waals surface area contributed by atoms with E-state index in [2.05, 4.69) is 10.3 Å². The number of fused-ring (bicyclic) bond motifs is 1. The lowest BCUT2D eigenvalue weighted by atomic mass is 10.1. The lowest BCUT2D eigenvalue weighted by Crippen LogP contribution is -2.33. The van der Waals surface area contributed by atoms with Crippen molar-refractivity contribution in [3.63, 3.8) is 0 Å². The zero-order valence-electron chi connectivity index (χ0n) is 13.2. The number of nitrogens with one attached hydrogen (secondary N) is 1. The van der Waals surface area contributed by atoms with Gasteiger partial charge >= 0.3 is 0 Å². The molecular weight excluding hydrogens is 292 g/mol. The van der Waals surface area contributed by atoms with E-state index in [9.17, 15) is 4.79 Å². The molecule has 1 aliphatic rings. The van der Waals surface area contributed by atoms with Gasteiger partial charge in [-0.05, 0) is 31.5 Å². The van der Waals surface area contributed by atoms with Crippen LogP contribution in [0.25, 0.3) is 10.9 Å². The van der Waals surface area contributed by atoms with Crippen molar-refractivity contribution in [3.8, 4) is 5.75 Å². The van der Waals surface area contributed by atoms with Crippen molar-refractivity contribution in [1.82, 2.24) is 10.3 Å². The molecule has 1 heterocycles. The second kappa shape index (κ2) is 6.38. The lowest BCUT2D eigenvalue weighted by Gasteiger charge is -2.14. The lowest BCUT2D eigenvalue weighted by molar-refractivity contribution is 0.0940. The molecule has 0 radical (unpaired) electrons. The largest absolute Gasteiger partial charge is 0.497 e. The summed E-state index contributed by atoms with van der Waals surface area (Å²) in [5.74, 6) is 0.734. The molecule has 120 valence electrons. The van der Waals surface area contributed by atoms with Crippen molar-refractivity contribution in [2.45, 2.75) is 19.4 Å². The molecule has 5 nitrogen and oxygen atoms in total. The van der Waals surface area contributed by atoms with Crippen LogP contribution in [0.2, 0.25) is 0 Å². The van der Waals surface area contributed by atoms with Crippen LogP contribution in [0.1, 0.15) is 22.5 Å². The number of amides is 1. The van der Waals surface area contributed by atoms with Gasteiger partial charge in [0, 0.05) is 30.0 Å². The van der Waals surface area contributed by atoms with Crippen LogP contribution in [0.4, 0.5) is 0 Å². The number of ether oxygens (including phenoxy) is 1. The van der Waals surface area contributed by atoms with Crippen LogP contribution in [0.15, 0.2) is 36.4 Å². The monoisotopic (exact) mass is 312 g/mol. The number of rotatable bonds is 4. The Labute approximate surface area is 135 Å². The fourth-order valence-corrected chi connectivity index (χ4v) is 2.86. The van der Waals surface area contributed by atoms with Crippen LogP contribution >= 0.6 is 0 Å². The summed E-state index contributed by atoms with van der Waals surface area (Å²) >= 11 is 0.